The van der Waals surface area contributed by atoms with Crippen molar-refractivity contribution < 1.29 is 48.7 Å². The number of nitrogens with one attached hydrogen (secondary N) is 1. The number of aryl methyl sites for hydroxylation is 1. The molecule has 4 nitrogen and oxygen atoms in total. The monoisotopic (exact) mass is 641 g/mol. The highest BCUT2D eigenvalue weighted by Gasteiger charge is 2.42. The van der Waals surface area contributed by atoms with E-state index in [9.17, 15) is 48.7 Å². The number of nitrogens with zero attached hydrogens (tertiary/aromatic N) is 2. The van der Waals surface area contributed by atoms with Gasteiger partial charge in [-0.3, -0.25) is 14.6 Å². The van der Waals surface area contributed by atoms with Crippen LogP contribution in [0.25, 0.3) is 0 Å². The predicted molar refractivity (Wildman–Crippen MR) is 142 cm³/mol. The summed E-state index contributed by atoms with van der Waals surface area (Å²) in [6, 6.07) is 5.51. The van der Waals surface area contributed by atoms with Crippen molar-refractivity contribution in [1.82, 2.24) is 15.1 Å². The molecule has 0 aromatic heterocycles. The number of alkyl halides is 9. The average Bonchev–Trinajstić information content (AvgIpc) is 2.88. The Balaban J connectivity index is 1.47. The van der Waals surface area contributed by atoms with Gasteiger partial charge in [0, 0.05) is 50.6 Å². The zero-order chi connectivity index (χ0) is 32.6. The minimum atomic E-state index is -5.00. The maximum absolute atomic E-state index is 13.9. The smallest absolute Gasteiger partial charge is 0.355 e. The van der Waals surface area contributed by atoms with E-state index in [0.29, 0.717) is 55.9 Å². The van der Waals surface area contributed by atoms with Gasteiger partial charge < -0.3 is 5.32 Å². The number of halogens is 10. The third-order valence-electron chi connectivity index (χ3n) is 8.54. The Morgan fingerprint density at radius 1 is 0.932 bits per heavy atom. The van der Waals surface area contributed by atoms with Crippen LogP contribution in [0.5, 0.6) is 0 Å². The Morgan fingerprint density at radius 2 is 1.55 bits per heavy atom. The fourth-order valence-electron chi connectivity index (χ4n) is 6.00. The van der Waals surface area contributed by atoms with E-state index in [-0.39, 0.29) is 30.8 Å². The summed E-state index contributed by atoms with van der Waals surface area (Å²) in [5.41, 5.74) is -1.79. The van der Waals surface area contributed by atoms with Gasteiger partial charge in [0.2, 0.25) is 5.91 Å². The fraction of sp³-hybridized carbons (Fsp3) is 0.567. The van der Waals surface area contributed by atoms with Crippen LogP contribution in [-0.4, -0.2) is 67.2 Å². The second kappa shape index (κ2) is 12.9. The molecule has 2 aromatic rings. The Hall–Kier alpha value is -2.87. The van der Waals surface area contributed by atoms with Gasteiger partial charge in [-0.25, -0.2) is 4.39 Å². The summed E-state index contributed by atoms with van der Waals surface area (Å²) in [6.45, 7) is 4.51. The third-order valence-corrected chi connectivity index (χ3v) is 8.54. The normalized spacial score (nSPS) is 21.6. The Bertz CT molecular complexity index is 1290. The van der Waals surface area contributed by atoms with E-state index >= 15 is 0 Å². The SMILES string of the molecule is Cc1cc(F)ccc1[C@H]1CN(C2CN(CCC(F)(F)F)C2)CC[C@@H]1C(=O)NC[C@H](C)c1cc(C(F)(F)F)cc(C(F)(F)F)c1. The summed E-state index contributed by atoms with van der Waals surface area (Å²) in [5.74, 6) is -2.84. The van der Waals surface area contributed by atoms with Gasteiger partial charge >= 0.3 is 18.5 Å². The highest BCUT2D eigenvalue weighted by atomic mass is 19.4. The number of likely N-dealkylation sites (tertiary alicyclic amines) is 2. The highest BCUT2D eigenvalue weighted by molar-refractivity contribution is 5.80. The second-order valence-corrected chi connectivity index (χ2v) is 11.8. The molecule has 244 valence electrons. The van der Waals surface area contributed by atoms with Crippen LogP contribution in [0, 0.1) is 18.7 Å². The number of benzene rings is 2. The number of rotatable bonds is 8. The molecule has 0 aliphatic carbocycles. The van der Waals surface area contributed by atoms with Crippen molar-refractivity contribution in [1.29, 1.82) is 0 Å². The summed E-state index contributed by atoms with van der Waals surface area (Å²) in [5, 5.41) is 2.70. The van der Waals surface area contributed by atoms with Crippen molar-refractivity contribution in [2.75, 3.05) is 39.3 Å². The molecule has 2 heterocycles. The Morgan fingerprint density at radius 3 is 2.09 bits per heavy atom. The molecule has 2 fully saturated rings. The number of hydrogen-bond acceptors (Lipinski definition) is 3. The lowest BCUT2D eigenvalue weighted by Crippen LogP contribution is -2.62. The van der Waals surface area contributed by atoms with E-state index in [2.05, 4.69) is 10.2 Å². The highest BCUT2D eigenvalue weighted by Crippen LogP contribution is 2.39. The van der Waals surface area contributed by atoms with Crippen LogP contribution in [0.2, 0.25) is 0 Å². The van der Waals surface area contributed by atoms with E-state index in [1.54, 1.807) is 17.9 Å². The summed E-state index contributed by atoms with van der Waals surface area (Å²) in [6.07, 6.45) is -14.8. The molecule has 0 spiro atoms. The van der Waals surface area contributed by atoms with Gasteiger partial charge in [0.05, 0.1) is 17.5 Å². The predicted octanol–water partition coefficient (Wildman–Crippen LogP) is 7.13. The first-order valence-corrected chi connectivity index (χ1v) is 14.2. The maximum atomic E-state index is 13.9. The quantitative estimate of drug-likeness (QED) is 0.312. The van der Waals surface area contributed by atoms with E-state index in [1.165, 1.54) is 19.1 Å². The van der Waals surface area contributed by atoms with E-state index in [0.717, 1.165) is 0 Å². The molecule has 3 atom stereocenters. The van der Waals surface area contributed by atoms with Crippen LogP contribution in [-0.2, 0) is 17.1 Å². The number of carbonyl (C=O) groups is 1. The van der Waals surface area contributed by atoms with Crippen LogP contribution >= 0.6 is 0 Å². The van der Waals surface area contributed by atoms with Crippen molar-refractivity contribution in [2.45, 2.75) is 63.1 Å². The molecule has 0 bridgehead atoms. The number of carbonyl (C=O) groups excluding carboxylic acids is 1. The lowest BCUT2D eigenvalue weighted by molar-refractivity contribution is -0.144. The molecule has 44 heavy (non-hydrogen) atoms. The maximum Gasteiger partial charge on any atom is 0.416 e. The molecular weight excluding hydrogens is 608 g/mol. The zero-order valence-electron chi connectivity index (χ0n) is 24.0. The lowest BCUT2D eigenvalue weighted by Gasteiger charge is -2.49. The molecule has 0 radical (unpaired) electrons. The summed E-state index contributed by atoms with van der Waals surface area (Å²) in [7, 11) is 0. The van der Waals surface area contributed by atoms with Crippen LogP contribution in [0.1, 0.15) is 59.4 Å². The van der Waals surface area contributed by atoms with E-state index < -0.39 is 65.6 Å². The van der Waals surface area contributed by atoms with E-state index in [1.807, 2.05) is 0 Å². The molecule has 2 aromatic carbocycles. The molecule has 0 unspecified atom stereocenters. The average molecular weight is 642 g/mol. The first-order chi connectivity index (χ1) is 20.3. The molecule has 2 aliphatic rings. The summed E-state index contributed by atoms with van der Waals surface area (Å²) >= 11 is 0. The van der Waals surface area contributed by atoms with Crippen LogP contribution in [0.15, 0.2) is 36.4 Å². The molecule has 2 aliphatic heterocycles. The van der Waals surface area contributed by atoms with Gasteiger partial charge in [-0.05, 0) is 72.8 Å². The standard InChI is InChI=1S/C30H33F10N3O/c1-17-9-22(31)3-4-24(17)26-16-43(23-14-42(15-23)8-6-28(32,33)34)7-5-25(26)27(44)41-13-18(2)19-10-20(29(35,36)37)12-21(11-19)30(38,39)40/h3-4,9-12,18,23,25-26H,5-8,13-16H2,1-2H3,(H,41,44)/t18-,25-,26+/m0/s1. The van der Waals surface area contributed by atoms with Gasteiger partial charge in [0.25, 0.3) is 0 Å². The van der Waals surface area contributed by atoms with Crippen molar-refractivity contribution in [2.24, 2.45) is 5.92 Å². The molecule has 2 saturated heterocycles. The first-order valence-electron chi connectivity index (χ1n) is 14.2. The van der Waals surface area contributed by atoms with Crippen LogP contribution < -0.4 is 5.32 Å². The zero-order valence-corrected chi connectivity index (χ0v) is 24.0. The van der Waals surface area contributed by atoms with Crippen molar-refractivity contribution in [3.05, 3.63) is 70.0 Å². The summed E-state index contributed by atoms with van der Waals surface area (Å²) in [4.78, 5) is 17.3. The van der Waals surface area contributed by atoms with Crippen LogP contribution in [0.4, 0.5) is 43.9 Å². The van der Waals surface area contributed by atoms with Crippen molar-refractivity contribution in [3.8, 4) is 0 Å². The number of piperidine rings is 1. The van der Waals surface area contributed by atoms with Gasteiger partial charge in [-0.2, -0.15) is 39.5 Å². The van der Waals surface area contributed by atoms with Crippen molar-refractivity contribution in [3.63, 3.8) is 0 Å². The number of hydrogen-bond donors (Lipinski definition) is 1. The summed E-state index contributed by atoms with van der Waals surface area (Å²) < 4.78 is 132. The largest absolute Gasteiger partial charge is 0.416 e. The molecule has 14 heteroatoms. The molecule has 0 saturated carbocycles. The van der Waals surface area contributed by atoms with E-state index in [4.69, 9.17) is 0 Å². The van der Waals surface area contributed by atoms with Gasteiger partial charge in [-0.1, -0.05) is 13.0 Å². The molecule has 1 N–H and O–H groups in total. The molecular formula is C30H33F10N3O. The molecule has 4 rings (SSSR count). The van der Waals surface area contributed by atoms with Crippen molar-refractivity contribution >= 4 is 5.91 Å². The minimum absolute atomic E-state index is 0.0146. The van der Waals surface area contributed by atoms with Crippen LogP contribution in [0.3, 0.4) is 0 Å². The minimum Gasteiger partial charge on any atom is -0.355 e. The molecule has 1 amide bonds. The first kappa shape index (κ1) is 34.0. The second-order valence-electron chi connectivity index (χ2n) is 11.8. The Labute approximate surface area is 248 Å². The lowest BCUT2D eigenvalue weighted by atomic mass is 9.77. The van der Waals surface area contributed by atoms with Gasteiger partial charge in [0.15, 0.2) is 0 Å². The topological polar surface area (TPSA) is 35.6 Å². The van der Waals surface area contributed by atoms with Gasteiger partial charge in [0.1, 0.15) is 5.82 Å². The fourth-order valence-corrected chi connectivity index (χ4v) is 6.00. The Kier molecular flexibility index (Phi) is 9.94. The third kappa shape index (κ3) is 8.43. The number of amides is 1. The van der Waals surface area contributed by atoms with Gasteiger partial charge in [-0.15, -0.1) is 0 Å².